The quantitative estimate of drug-likeness (QED) is 0.896. The van der Waals surface area contributed by atoms with E-state index in [1.165, 1.54) is 0 Å². The van der Waals surface area contributed by atoms with Crippen molar-refractivity contribution in [3.05, 3.63) is 36.0 Å². The van der Waals surface area contributed by atoms with Crippen molar-refractivity contribution >= 4 is 16.9 Å². The molecule has 0 spiro atoms. The van der Waals surface area contributed by atoms with Gasteiger partial charge in [0.05, 0.1) is 6.04 Å². The molecule has 5 nitrogen and oxygen atoms in total. The summed E-state index contributed by atoms with van der Waals surface area (Å²) in [5.74, 6) is -0.909. The van der Waals surface area contributed by atoms with Gasteiger partial charge in [0.1, 0.15) is 0 Å². The van der Waals surface area contributed by atoms with Gasteiger partial charge in [-0.15, -0.1) is 0 Å². The minimum absolute atomic E-state index is 0.0292. The smallest absolute Gasteiger partial charge is 0.335 e. The Kier molecular flexibility index (Phi) is 2.80. The summed E-state index contributed by atoms with van der Waals surface area (Å²) in [5, 5.41) is 11.9. The van der Waals surface area contributed by atoms with Crippen LogP contribution >= 0.6 is 0 Å². The first-order chi connectivity index (χ1) is 9.08. The lowest BCUT2D eigenvalue weighted by atomic mass is 10.1. The molecule has 0 aliphatic carbocycles. The highest BCUT2D eigenvalue weighted by Crippen LogP contribution is 2.35. The molecule has 0 saturated carbocycles. The standard InChI is InChI=1S/C14H16N2O3/c1-15-10-6-4-3-5-9(10)7-11(15)12-8-13(14(17)18)19-16(12)2/h3-7,12-13H,8H2,1-2H3,(H,17,18)/t12-,13+/m1/s1. The molecule has 1 aliphatic rings. The van der Waals surface area contributed by atoms with Gasteiger partial charge in [-0.05, 0) is 17.5 Å². The van der Waals surface area contributed by atoms with E-state index in [9.17, 15) is 4.79 Å². The summed E-state index contributed by atoms with van der Waals surface area (Å²) in [7, 11) is 3.78. The van der Waals surface area contributed by atoms with Gasteiger partial charge in [0.15, 0.2) is 6.10 Å². The van der Waals surface area contributed by atoms with E-state index in [0.29, 0.717) is 6.42 Å². The maximum Gasteiger partial charge on any atom is 0.335 e. The Hall–Kier alpha value is -1.85. The van der Waals surface area contributed by atoms with E-state index in [1.807, 2.05) is 19.2 Å². The topological polar surface area (TPSA) is 54.7 Å². The molecule has 1 N–H and O–H groups in total. The van der Waals surface area contributed by atoms with E-state index >= 15 is 0 Å². The number of hydroxylamine groups is 2. The molecule has 2 heterocycles. The molecule has 1 aliphatic heterocycles. The van der Waals surface area contributed by atoms with Crippen LogP contribution in [0.25, 0.3) is 10.9 Å². The highest BCUT2D eigenvalue weighted by atomic mass is 16.7. The number of nitrogens with zero attached hydrogens (tertiary/aromatic N) is 2. The van der Waals surface area contributed by atoms with Crippen LogP contribution in [-0.4, -0.2) is 33.9 Å². The first kappa shape index (κ1) is 12.2. The van der Waals surface area contributed by atoms with Crippen molar-refractivity contribution in [2.75, 3.05) is 7.05 Å². The minimum Gasteiger partial charge on any atom is -0.479 e. The number of aromatic nitrogens is 1. The van der Waals surface area contributed by atoms with Crippen molar-refractivity contribution in [1.82, 2.24) is 9.63 Å². The molecular weight excluding hydrogens is 244 g/mol. The Morgan fingerprint density at radius 1 is 1.37 bits per heavy atom. The van der Waals surface area contributed by atoms with Gasteiger partial charge in [-0.25, -0.2) is 4.79 Å². The first-order valence-corrected chi connectivity index (χ1v) is 6.24. The van der Waals surface area contributed by atoms with E-state index in [4.69, 9.17) is 9.94 Å². The largest absolute Gasteiger partial charge is 0.479 e. The molecule has 1 saturated heterocycles. The van der Waals surface area contributed by atoms with E-state index in [0.717, 1.165) is 16.6 Å². The molecule has 0 unspecified atom stereocenters. The summed E-state index contributed by atoms with van der Waals surface area (Å²) < 4.78 is 2.10. The SMILES string of the molecule is CN1O[C@H](C(=O)O)C[C@@H]1c1cc2ccccc2n1C. The summed E-state index contributed by atoms with van der Waals surface area (Å²) >= 11 is 0. The van der Waals surface area contributed by atoms with Crippen molar-refractivity contribution in [2.24, 2.45) is 7.05 Å². The lowest BCUT2D eigenvalue weighted by Crippen LogP contribution is -2.21. The third kappa shape index (κ3) is 1.91. The average Bonchev–Trinajstić information content (AvgIpc) is 2.91. The van der Waals surface area contributed by atoms with Gasteiger partial charge in [-0.3, -0.25) is 4.84 Å². The second-order valence-electron chi connectivity index (χ2n) is 4.92. The number of rotatable bonds is 2. The molecule has 1 fully saturated rings. The van der Waals surface area contributed by atoms with Gasteiger partial charge >= 0.3 is 5.97 Å². The van der Waals surface area contributed by atoms with Crippen LogP contribution in [0.1, 0.15) is 18.2 Å². The van der Waals surface area contributed by atoms with Crippen molar-refractivity contribution in [2.45, 2.75) is 18.6 Å². The highest BCUT2D eigenvalue weighted by molar-refractivity contribution is 5.81. The summed E-state index contributed by atoms with van der Waals surface area (Å²) in [6.45, 7) is 0. The van der Waals surface area contributed by atoms with Crippen LogP contribution in [0.4, 0.5) is 0 Å². The van der Waals surface area contributed by atoms with Gasteiger partial charge in [0.2, 0.25) is 0 Å². The lowest BCUT2D eigenvalue weighted by molar-refractivity contribution is -0.177. The van der Waals surface area contributed by atoms with Crippen molar-refractivity contribution in [3.63, 3.8) is 0 Å². The van der Waals surface area contributed by atoms with Gasteiger partial charge in [-0.1, -0.05) is 18.2 Å². The van der Waals surface area contributed by atoms with Gasteiger partial charge in [0, 0.05) is 31.7 Å². The summed E-state index contributed by atoms with van der Waals surface area (Å²) in [6.07, 6.45) is -0.288. The fourth-order valence-electron chi connectivity index (χ4n) is 2.75. The van der Waals surface area contributed by atoms with Gasteiger partial charge in [0.25, 0.3) is 0 Å². The molecule has 100 valence electrons. The zero-order valence-corrected chi connectivity index (χ0v) is 10.9. The molecule has 3 rings (SSSR count). The van der Waals surface area contributed by atoms with Crippen LogP contribution in [0.3, 0.4) is 0 Å². The van der Waals surface area contributed by atoms with Crippen molar-refractivity contribution in [3.8, 4) is 0 Å². The van der Waals surface area contributed by atoms with Crippen LogP contribution in [-0.2, 0) is 16.7 Å². The van der Waals surface area contributed by atoms with Gasteiger partial charge in [-0.2, -0.15) is 5.06 Å². The van der Waals surface area contributed by atoms with Crippen molar-refractivity contribution < 1.29 is 14.7 Å². The zero-order valence-electron chi connectivity index (χ0n) is 10.9. The fraction of sp³-hybridized carbons (Fsp3) is 0.357. The molecule has 19 heavy (non-hydrogen) atoms. The number of fused-ring (bicyclic) bond motifs is 1. The van der Waals surface area contributed by atoms with E-state index < -0.39 is 12.1 Å². The highest BCUT2D eigenvalue weighted by Gasteiger charge is 2.37. The predicted molar refractivity (Wildman–Crippen MR) is 70.5 cm³/mol. The summed E-state index contributed by atoms with van der Waals surface area (Å²) in [6, 6.07) is 10.2. The van der Waals surface area contributed by atoms with Crippen LogP contribution in [0.2, 0.25) is 0 Å². The van der Waals surface area contributed by atoms with E-state index in [1.54, 1.807) is 12.1 Å². The number of carbonyl (C=O) groups is 1. The second kappa shape index (κ2) is 4.36. The maximum atomic E-state index is 11.0. The number of para-hydroxylation sites is 1. The molecule has 0 amide bonds. The molecule has 1 aromatic carbocycles. The maximum absolute atomic E-state index is 11.0. The Morgan fingerprint density at radius 3 is 2.74 bits per heavy atom. The zero-order chi connectivity index (χ0) is 13.6. The monoisotopic (exact) mass is 260 g/mol. The number of aliphatic carboxylic acids is 1. The minimum atomic E-state index is -0.909. The Morgan fingerprint density at radius 2 is 2.11 bits per heavy atom. The average molecular weight is 260 g/mol. The molecule has 0 bridgehead atoms. The molecule has 5 heteroatoms. The lowest BCUT2D eigenvalue weighted by Gasteiger charge is -2.18. The third-order valence-electron chi connectivity index (χ3n) is 3.78. The normalized spacial score (nSPS) is 24.1. The van der Waals surface area contributed by atoms with E-state index in [2.05, 4.69) is 22.8 Å². The first-order valence-electron chi connectivity index (χ1n) is 6.24. The summed E-state index contributed by atoms with van der Waals surface area (Å²) in [5.41, 5.74) is 2.22. The summed E-state index contributed by atoms with van der Waals surface area (Å²) in [4.78, 5) is 16.4. The van der Waals surface area contributed by atoms with Crippen LogP contribution in [0.5, 0.6) is 0 Å². The molecule has 1 aromatic heterocycles. The molecular formula is C14H16N2O3. The molecule has 0 radical (unpaired) electrons. The molecule has 2 aromatic rings. The fourth-order valence-corrected chi connectivity index (χ4v) is 2.75. The number of carboxylic acids is 1. The van der Waals surface area contributed by atoms with Gasteiger partial charge < -0.3 is 9.67 Å². The number of aryl methyl sites for hydroxylation is 1. The van der Waals surface area contributed by atoms with Crippen LogP contribution in [0.15, 0.2) is 30.3 Å². The Labute approximate surface area is 110 Å². The van der Waals surface area contributed by atoms with Crippen LogP contribution in [0, 0.1) is 0 Å². The number of carboxylic acid groups (broad SMARTS) is 1. The number of benzene rings is 1. The second-order valence-corrected chi connectivity index (χ2v) is 4.92. The Bertz CT molecular complexity index is 635. The van der Waals surface area contributed by atoms with Crippen LogP contribution < -0.4 is 0 Å². The third-order valence-corrected chi connectivity index (χ3v) is 3.78. The molecule has 2 atom stereocenters. The number of hydrogen-bond donors (Lipinski definition) is 1. The van der Waals surface area contributed by atoms with E-state index in [-0.39, 0.29) is 6.04 Å². The predicted octanol–water partition coefficient (Wildman–Crippen LogP) is 1.94. The Balaban J connectivity index is 2.01. The van der Waals surface area contributed by atoms with Crippen molar-refractivity contribution in [1.29, 1.82) is 0 Å². The number of hydrogen-bond acceptors (Lipinski definition) is 3.